The molecule has 38 nitrogen and oxygen atoms in total. The van der Waals surface area contributed by atoms with Crippen molar-refractivity contribution in [3.8, 4) is 0 Å². The number of ketones is 4. The van der Waals surface area contributed by atoms with Crippen LogP contribution < -0.4 is 87.6 Å². The Morgan fingerprint density at radius 3 is 1.19 bits per heavy atom. The molecule has 139 heavy (non-hydrogen) atoms. The highest BCUT2D eigenvalue weighted by Gasteiger charge is 2.45. The number of guanidine groups is 2. The van der Waals surface area contributed by atoms with Gasteiger partial charge in [0.2, 0.25) is 82.7 Å². The average Bonchev–Trinajstić information content (AvgIpc) is 1.72. The van der Waals surface area contributed by atoms with E-state index in [4.69, 9.17) is 57.6 Å². The molecule has 0 aliphatic carbocycles. The van der Waals surface area contributed by atoms with Crippen LogP contribution in [0.1, 0.15) is 178 Å². The summed E-state index contributed by atoms with van der Waals surface area (Å²) in [6, 6.07) is 9.36. The van der Waals surface area contributed by atoms with Crippen LogP contribution in [0, 0.1) is 41.4 Å². The van der Waals surface area contributed by atoms with Gasteiger partial charge in [0.15, 0.2) is 23.5 Å². The van der Waals surface area contributed by atoms with Gasteiger partial charge >= 0.3 is 0 Å². The Hall–Kier alpha value is -11.1. The van der Waals surface area contributed by atoms with Crippen molar-refractivity contribution in [2.24, 2.45) is 85.8 Å². The van der Waals surface area contributed by atoms with Crippen molar-refractivity contribution >= 4 is 187 Å². The summed E-state index contributed by atoms with van der Waals surface area (Å²) in [7, 11) is 1.43. The summed E-state index contributed by atoms with van der Waals surface area (Å²) in [4.78, 5) is 261. The number of nitrogens with one attached hydrogen (secondary N) is 10. The predicted molar refractivity (Wildman–Crippen MR) is 536 cm³/mol. The number of primary amides is 2. The first-order chi connectivity index (χ1) is 66.1. The molecule has 0 radical (unpaired) electrons. The number of benzene rings is 2. The Bertz CT molecular complexity index is 4910. The van der Waals surface area contributed by atoms with Crippen molar-refractivity contribution in [3.05, 3.63) is 114 Å². The Labute approximate surface area is 837 Å². The van der Waals surface area contributed by atoms with Gasteiger partial charge in [-0.1, -0.05) is 101 Å². The van der Waals surface area contributed by atoms with E-state index in [0.29, 0.717) is 66.6 Å². The van der Waals surface area contributed by atoms with Crippen molar-refractivity contribution in [1.82, 2.24) is 63.0 Å². The minimum Gasteiger partial charge on any atom is -0.370 e. The number of hydrogen-bond acceptors (Lipinski definition) is 24. The molecule has 4 fully saturated rings. The lowest BCUT2D eigenvalue weighted by atomic mass is 9.91. The number of aliphatic imine (C=N–C) groups is 2. The number of carbonyl (C=O) groups excluding carboxylic acids is 18. The highest BCUT2D eigenvalue weighted by Crippen LogP contribution is 2.31. The summed E-state index contributed by atoms with van der Waals surface area (Å²) >= 11 is 17.7. The Morgan fingerprint density at radius 1 is 0.468 bits per heavy atom. The number of Topliss-reactive ketones (excluding diaryl/α,β-unsaturated/α-hetero) is 4. The number of amides is 14. The van der Waals surface area contributed by atoms with Crippen LogP contribution in [0.4, 0.5) is 0 Å². The third-order valence-electron chi connectivity index (χ3n) is 23.9. The molecule has 0 saturated carbocycles. The summed E-state index contributed by atoms with van der Waals surface area (Å²) in [5.41, 5.74) is 34.5. The predicted octanol–water partition coefficient (Wildman–Crippen LogP) is 3.28. The minimum atomic E-state index is -1.49. The molecule has 0 bridgehead atoms. The van der Waals surface area contributed by atoms with Gasteiger partial charge in [-0.3, -0.25) is 96.3 Å². The summed E-state index contributed by atoms with van der Waals surface area (Å²) in [6.07, 6.45) is 1.74. The van der Waals surface area contributed by atoms with Crippen molar-refractivity contribution < 1.29 is 86.3 Å². The van der Waals surface area contributed by atoms with E-state index in [1.807, 2.05) is 30.7 Å². The molecule has 2 aromatic heterocycles. The molecule has 14 amide bonds. The Balaban J connectivity index is 0.000000378. The highest BCUT2D eigenvalue weighted by atomic mass is 35.5. The molecular formula is C95H136Cl2N20O18S4. The van der Waals surface area contributed by atoms with E-state index in [0.717, 1.165) is 20.9 Å². The largest absolute Gasteiger partial charge is 0.370 e. The number of rotatable bonds is 32. The van der Waals surface area contributed by atoms with Crippen molar-refractivity contribution in [3.63, 3.8) is 0 Å². The van der Waals surface area contributed by atoms with E-state index in [-0.39, 0.29) is 144 Å². The number of thiophene rings is 2. The monoisotopic (exact) mass is 2040 g/mol. The van der Waals surface area contributed by atoms with Gasteiger partial charge in [-0.05, 0) is 165 Å². The van der Waals surface area contributed by atoms with Crippen molar-refractivity contribution in [1.29, 1.82) is 0 Å². The average molecular weight is 2050 g/mol. The van der Waals surface area contributed by atoms with Gasteiger partial charge in [0.05, 0.1) is 36.8 Å². The first-order valence-corrected chi connectivity index (χ1v) is 51.9. The van der Waals surface area contributed by atoms with Crippen LogP contribution in [0.15, 0.2) is 93.5 Å². The lowest BCUT2D eigenvalue weighted by Crippen LogP contribution is -2.58. The quantitative estimate of drug-likeness (QED) is 0.0189. The van der Waals surface area contributed by atoms with E-state index in [1.54, 1.807) is 94.4 Å². The van der Waals surface area contributed by atoms with E-state index in [9.17, 15) is 86.3 Å². The molecule has 14 atom stereocenters. The van der Waals surface area contributed by atoms with Gasteiger partial charge in [-0.25, -0.2) is 0 Å². The number of halogens is 2. The molecule has 22 N–H and O–H groups in total. The van der Waals surface area contributed by atoms with Gasteiger partial charge in [0.1, 0.15) is 59.9 Å². The molecule has 6 heterocycles. The number of likely N-dealkylation sites (tertiary alicyclic amines) is 2. The number of likely N-dealkylation sites (N-methyl/N-ethyl adjacent to an activating group) is 1. The molecule has 762 valence electrons. The number of thioether (sulfide) groups is 2. The zero-order valence-electron chi connectivity index (χ0n) is 79.8. The second kappa shape index (κ2) is 58.9. The van der Waals surface area contributed by atoms with Crippen LogP contribution in [0.5, 0.6) is 0 Å². The molecule has 4 aliphatic rings. The fraction of sp³-hybridized carbons (Fsp3) is 0.579. The fourth-order valence-electron chi connectivity index (χ4n) is 16.5. The van der Waals surface area contributed by atoms with E-state index >= 15 is 0 Å². The lowest BCUT2D eigenvalue weighted by Gasteiger charge is -2.30. The first-order valence-electron chi connectivity index (χ1n) is 47.1. The first kappa shape index (κ1) is 115. The van der Waals surface area contributed by atoms with Crippen LogP contribution in [0.25, 0.3) is 0 Å². The van der Waals surface area contributed by atoms with Crippen LogP contribution in [-0.4, -0.2) is 251 Å². The van der Waals surface area contributed by atoms with Gasteiger partial charge in [-0.15, -0.1) is 22.7 Å². The summed E-state index contributed by atoms with van der Waals surface area (Å²) in [5, 5.41) is 32.1. The highest BCUT2D eigenvalue weighted by molar-refractivity contribution is 7.99. The molecule has 44 heteroatoms. The van der Waals surface area contributed by atoms with Crippen LogP contribution >= 0.6 is 69.4 Å². The lowest BCUT2D eigenvalue weighted by molar-refractivity contribution is -0.143. The molecular weight excluding hydrogens is 1910 g/mol. The maximum absolute atomic E-state index is 14.7. The molecule has 4 aliphatic heterocycles. The van der Waals surface area contributed by atoms with Crippen LogP contribution in [0.3, 0.4) is 0 Å². The molecule has 0 unspecified atom stereocenters. The third kappa shape index (κ3) is 39.5. The molecule has 4 saturated heterocycles. The van der Waals surface area contributed by atoms with Gasteiger partial charge in [-0.2, -0.15) is 23.5 Å². The second-order valence-corrected chi connectivity index (χ2v) is 41.6. The van der Waals surface area contributed by atoms with E-state index < -0.39 is 216 Å². The smallest absolute Gasteiger partial charge is 0.243 e. The topological polar surface area (TPSA) is 615 Å². The molecule has 8 rings (SSSR count). The Morgan fingerprint density at radius 2 is 0.849 bits per heavy atom. The zero-order valence-corrected chi connectivity index (χ0v) is 84.6. The Kier molecular flexibility index (Phi) is 48.6. The number of nitrogens with two attached hydrogens (primary N) is 6. The number of nitrogens with zero attached hydrogens (tertiary/aromatic N) is 4. The normalized spacial score (nSPS) is 22.9. The van der Waals surface area contributed by atoms with Crippen molar-refractivity contribution in [2.75, 3.05) is 62.8 Å². The molecule has 2 aromatic carbocycles. The maximum atomic E-state index is 14.7. The SMILES string of the molecule is CC(C)CNC(=O)[C@H](CCCN=C(N)N)NC(=O)[C@@H]1CCCN1C(=O)[C@@H]1CSCCCC(=O)C[C@@H](Cc2ccc(Cl)cc2)C(=O)N[C@@H](Cc2cccs2)C(=O)N[C@@H](C(C)C)C(=O)N[C@@H](CC(N)=O)C(=O)C1.CNC(=O)[C@@H](CCCN=C(N)N)NC(=O)[C@@H]1CCCN1C(=O)[C@@H]1CSCCCC(=O)C[C@@H](Cc2ccc(Cl)cc2)C(=O)N[C@@H](Cc2cccs2)C(=O)N[C@@H](C(C)C)C(=O)N[C@@H](CC(N)=O)C(=O)C1. The van der Waals surface area contributed by atoms with Crippen molar-refractivity contribution in [2.45, 2.75) is 243 Å². The standard InChI is InChI=1S/C49H71ClN10O9S2.C46H65ClN10O9S2/c1-28(2)26-55-44(65)36(11-5-17-54-49(52)53)56-46(67)39-12-6-18-60(39)48(69)32-23-40(62)37(25-41(51)63)57-47(68)42(29(3)4)59-45(66)38(24-35-10-8-20-71-35)58-43(64)31(21-30-13-15-33(50)16-14-30)22-34(61)9-7-19-70-27-32;1-26(2)39-44(65)54-34(24-38(48)60)37(59)22-29(45(66)57-17-5-11-36(57)43(64)53-33(41(62)51-3)10-4-16-52-46(49)50)25-67-18-6-8-31(58)21-28(20-27-12-14-30(47)15-13-27)40(61)55-35(42(63)56-39)23-32-9-7-19-68-32/h8,10,13-16,20,28-29,31-32,36-39,42H,5-7,9,11-12,17-19,21-27H2,1-4H3,(H2,51,63)(H,55,65)(H,56,67)(H,57,68)(H,58,64)(H,59,66)(H4,52,53,54);7,9,12-15,19,26,28-29,33-36,39H,4-6,8,10-11,16-18,20-25H2,1-3H3,(H2,48,60)(H,51,62)(H,53,64)(H,54,65)(H,55,61)(H,56,63)(H4,49,50,52)/t31-,32+,36+,37+,38+,39+,42+;28-,29+,33-,34+,35+,36+,39+/m11/s1. The van der Waals surface area contributed by atoms with Gasteiger partial charge in [0.25, 0.3) is 0 Å². The third-order valence-corrected chi connectivity index (χ3v) is 28.6. The van der Waals surface area contributed by atoms with E-state index in [1.165, 1.54) is 63.0 Å². The van der Waals surface area contributed by atoms with E-state index in [2.05, 4.69) is 63.2 Å². The fourth-order valence-corrected chi connectivity index (χ4v) is 20.4. The van der Waals surface area contributed by atoms with Gasteiger partial charge < -0.3 is 97.4 Å². The number of carbonyl (C=O) groups is 18. The molecule has 4 aromatic rings. The maximum Gasteiger partial charge on any atom is 0.243 e. The van der Waals surface area contributed by atoms with Crippen LogP contribution in [-0.2, 0) is 112 Å². The summed E-state index contributed by atoms with van der Waals surface area (Å²) in [6.45, 7) is 11.8. The van der Waals surface area contributed by atoms with Crippen LogP contribution in [0.2, 0.25) is 10.0 Å². The number of hydrogen-bond donors (Lipinski definition) is 16. The second-order valence-electron chi connectivity index (χ2n) is 36.4. The van der Waals surface area contributed by atoms with Gasteiger partial charge in [0, 0.05) is 134 Å². The summed E-state index contributed by atoms with van der Waals surface area (Å²) < 4.78 is 0. The zero-order chi connectivity index (χ0) is 102. The molecule has 0 spiro atoms. The summed E-state index contributed by atoms with van der Waals surface area (Å²) in [5.74, 6) is -14.7. The minimum absolute atomic E-state index is 0.0732.